The molecule has 2 rings (SSSR count). The van der Waals surface area contributed by atoms with E-state index in [4.69, 9.17) is 0 Å². The van der Waals surface area contributed by atoms with E-state index in [-0.39, 0.29) is 0 Å². The molecule has 13 heavy (non-hydrogen) atoms. The molecular formula is C11H20N2. The van der Waals surface area contributed by atoms with E-state index in [0.717, 1.165) is 0 Å². The van der Waals surface area contributed by atoms with Crippen LogP contribution in [0, 0.1) is 5.41 Å². The van der Waals surface area contributed by atoms with Crippen LogP contribution in [-0.2, 0) is 0 Å². The van der Waals surface area contributed by atoms with E-state index in [2.05, 4.69) is 51.0 Å². The average Bonchev–Trinajstić information content (AvgIpc) is 2.51. The molecule has 0 amide bonds. The standard InChI is InChI=1S/C11H20N2/c1-11(2,3)9-6-8-7-10(9)13(5)12(8)4/h6,8,10H,7H2,1-5H3. The Hall–Kier alpha value is -0.340. The van der Waals surface area contributed by atoms with Gasteiger partial charge in [0.1, 0.15) is 0 Å². The summed E-state index contributed by atoms with van der Waals surface area (Å²) >= 11 is 0. The highest BCUT2D eigenvalue weighted by Crippen LogP contribution is 2.42. The predicted octanol–water partition coefficient (Wildman–Crippen LogP) is 1.89. The first kappa shape index (κ1) is 9.22. The van der Waals surface area contributed by atoms with Crippen LogP contribution in [-0.4, -0.2) is 36.2 Å². The van der Waals surface area contributed by atoms with Crippen LogP contribution in [0.4, 0.5) is 0 Å². The highest BCUT2D eigenvalue weighted by Gasteiger charge is 2.44. The molecule has 1 heterocycles. The smallest absolute Gasteiger partial charge is 0.0476 e. The maximum atomic E-state index is 2.46. The topological polar surface area (TPSA) is 6.48 Å². The van der Waals surface area contributed by atoms with Gasteiger partial charge in [-0.15, -0.1) is 0 Å². The number of hydrogen-bond donors (Lipinski definition) is 0. The second-order valence-electron chi connectivity index (χ2n) is 5.34. The Morgan fingerprint density at radius 1 is 1.23 bits per heavy atom. The third-order valence-corrected chi connectivity index (χ3v) is 3.49. The lowest BCUT2D eigenvalue weighted by molar-refractivity contribution is 0.0314. The summed E-state index contributed by atoms with van der Waals surface area (Å²) in [6.07, 6.45) is 3.75. The van der Waals surface area contributed by atoms with E-state index < -0.39 is 0 Å². The van der Waals surface area contributed by atoms with Gasteiger partial charge in [0, 0.05) is 26.2 Å². The summed E-state index contributed by atoms with van der Waals surface area (Å²) in [4.78, 5) is 0. The SMILES string of the molecule is CN1C2C=C(C(C)(C)C)C(C2)N1C. The van der Waals surface area contributed by atoms with Crippen molar-refractivity contribution >= 4 is 0 Å². The van der Waals surface area contributed by atoms with Crippen molar-refractivity contribution in [2.75, 3.05) is 14.1 Å². The third-order valence-electron chi connectivity index (χ3n) is 3.49. The molecule has 2 nitrogen and oxygen atoms in total. The lowest BCUT2D eigenvalue weighted by atomic mass is 9.83. The zero-order valence-corrected chi connectivity index (χ0v) is 9.33. The minimum atomic E-state index is 0.342. The van der Waals surface area contributed by atoms with Gasteiger partial charge in [-0.05, 0) is 17.4 Å². The molecular weight excluding hydrogens is 160 g/mol. The Morgan fingerprint density at radius 3 is 2.23 bits per heavy atom. The van der Waals surface area contributed by atoms with Gasteiger partial charge in [-0.1, -0.05) is 26.8 Å². The Morgan fingerprint density at radius 2 is 1.85 bits per heavy atom. The molecule has 1 aliphatic heterocycles. The molecule has 2 aliphatic rings. The van der Waals surface area contributed by atoms with Gasteiger partial charge in [0.15, 0.2) is 0 Å². The third kappa shape index (κ3) is 1.24. The molecule has 0 aromatic carbocycles. The Bertz CT molecular complexity index is 249. The summed E-state index contributed by atoms with van der Waals surface area (Å²) in [6.45, 7) is 6.94. The van der Waals surface area contributed by atoms with Gasteiger partial charge in [-0.25, -0.2) is 10.0 Å². The second-order valence-corrected chi connectivity index (χ2v) is 5.34. The van der Waals surface area contributed by atoms with Crippen molar-refractivity contribution in [2.24, 2.45) is 5.41 Å². The van der Waals surface area contributed by atoms with Crippen molar-refractivity contribution < 1.29 is 0 Å². The largest absolute Gasteiger partial charge is 0.238 e. The van der Waals surface area contributed by atoms with E-state index in [1.165, 1.54) is 6.42 Å². The van der Waals surface area contributed by atoms with E-state index in [1.54, 1.807) is 5.57 Å². The van der Waals surface area contributed by atoms with Crippen molar-refractivity contribution in [3.63, 3.8) is 0 Å². The monoisotopic (exact) mass is 180 g/mol. The predicted molar refractivity (Wildman–Crippen MR) is 55.3 cm³/mol. The average molecular weight is 180 g/mol. The van der Waals surface area contributed by atoms with Crippen LogP contribution in [0.3, 0.4) is 0 Å². The van der Waals surface area contributed by atoms with Crippen LogP contribution < -0.4 is 0 Å². The summed E-state index contributed by atoms with van der Waals surface area (Å²) in [5, 5.41) is 4.73. The molecule has 2 heteroatoms. The highest BCUT2D eigenvalue weighted by atomic mass is 15.7. The summed E-state index contributed by atoms with van der Waals surface area (Å²) in [7, 11) is 4.38. The van der Waals surface area contributed by atoms with Crippen molar-refractivity contribution in [1.82, 2.24) is 10.0 Å². The molecule has 2 unspecified atom stereocenters. The lowest BCUT2D eigenvalue weighted by Gasteiger charge is -2.37. The Labute approximate surface area is 81.2 Å². The lowest BCUT2D eigenvalue weighted by Crippen LogP contribution is -2.43. The summed E-state index contributed by atoms with van der Waals surface area (Å²) in [5.41, 5.74) is 1.97. The summed E-state index contributed by atoms with van der Waals surface area (Å²) < 4.78 is 0. The fourth-order valence-electron chi connectivity index (χ4n) is 2.56. The second kappa shape index (κ2) is 2.58. The Balaban J connectivity index is 2.28. The van der Waals surface area contributed by atoms with Gasteiger partial charge in [0.05, 0.1) is 0 Å². The molecule has 0 spiro atoms. The summed E-state index contributed by atoms with van der Waals surface area (Å²) in [6, 6.07) is 1.32. The van der Waals surface area contributed by atoms with Gasteiger partial charge >= 0.3 is 0 Å². The number of hydrazine groups is 1. The van der Waals surface area contributed by atoms with Gasteiger partial charge in [-0.3, -0.25) is 0 Å². The van der Waals surface area contributed by atoms with Gasteiger partial charge in [0.2, 0.25) is 0 Å². The molecule has 74 valence electrons. The highest BCUT2D eigenvalue weighted by molar-refractivity contribution is 5.29. The first-order chi connectivity index (χ1) is 5.91. The zero-order valence-electron chi connectivity index (χ0n) is 9.33. The van der Waals surface area contributed by atoms with Gasteiger partial charge in [-0.2, -0.15) is 0 Å². The maximum absolute atomic E-state index is 2.46. The number of fused-ring (bicyclic) bond motifs is 2. The van der Waals surface area contributed by atoms with Crippen LogP contribution in [0.15, 0.2) is 11.6 Å². The van der Waals surface area contributed by atoms with Crippen molar-refractivity contribution in [1.29, 1.82) is 0 Å². The molecule has 0 N–H and O–H groups in total. The minimum Gasteiger partial charge on any atom is -0.238 e. The molecule has 2 atom stereocenters. The molecule has 1 fully saturated rings. The molecule has 1 aliphatic carbocycles. The quantitative estimate of drug-likeness (QED) is 0.525. The first-order valence-corrected chi connectivity index (χ1v) is 5.09. The van der Waals surface area contributed by atoms with E-state index >= 15 is 0 Å². The van der Waals surface area contributed by atoms with Crippen LogP contribution in [0.1, 0.15) is 27.2 Å². The van der Waals surface area contributed by atoms with Crippen molar-refractivity contribution in [2.45, 2.75) is 39.3 Å². The molecule has 0 radical (unpaired) electrons. The minimum absolute atomic E-state index is 0.342. The van der Waals surface area contributed by atoms with Crippen molar-refractivity contribution in [3.8, 4) is 0 Å². The zero-order chi connectivity index (χ0) is 9.80. The van der Waals surface area contributed by atoms with Crippen LogP contribution >= 0.6 is 0 Å². The number of rotatable bonds is 0. The maximum Gasteiger partial charge on any atom is 0.0476 e. The van der Waals surface area contributed by atoms with E-state index in [0.29, 0.717) is 17.5 Å². The number of hydrogen-bond acceptors (Lipinski definition) is 2. The van der Waals surface area contributed by atoms with E-state index in [1.807, 2.05) is 0 Å². The fraction of sp³-hybridized carbons (Fsp3) is 0.818. The molecule has 0 aromatic heterocycles. The number of likely N-dealkylation sites (N-methyl/N-ethyl adjacent to an activating group) is 2. The van der Waals surface area contributed by atoms with E-state index in [9.17, 15) is 0 Å². The summed E-state index contributed by atoms with van der Waals surface area (Å²) in [5.74, 6) is 0. The molecule has 0 aromatic rings. The molecule has 2 bridgehead atoms. The van der Waals surface area contributed by atoms with Crippen LogP contribution in [0.25, 0.3) is 0 Å². The van der Waals surface area contributed by atoms with Crippen molar-refractivity contribution in [3.05, 3.63) is 11.6 Å². The van der Waals surface area contributed by atoms with Crippen LogP contribution in [0.5, 0.6) is 0 Å². The Kier molecular flexibility index (Phi) is 1.83. The fourth-order valence-corrected chi connectivity index (χ4v) is 2.56. The normalized spacial score (nSPS) is 35.6. The molecule has 0 saturated carbocycles. The van der Waals surface area contributed by atoms with Gasteiger partial charge < -0.3 is 0 Å². The van der Waals surface area contributed by atoms with Crippen LogP contribution in [0.2, 0.25) is 0 Å². The first-order valence-electron chi connectivity index (χ1n) is 5.09. The molecule has 1 saturated heterocycles. The number of nitrogens with zero attached hydrogens (tertiary/aromatic N) is 2. The van der Waals surface area contributed by atoms with Gasteiger partial charge in [0.25, 0.3) is 0 Å².